The number of carbonyl (C=O) groups is 2. The van der Waals surface area contributed by atoms with E-state index in [4.69, 9.17) is 5.73 Å². The van der Waals surface area contributed by atoms with Crippen molar-refractivity contribution in [2.45, 2.75) is 32.2 Å². The predicted octanol–water partition coefficient (Wildman–Crippen LogP) is 3.54. The number of nitrogens with two attached hydrogens (primary N) is 1. The standard InChI is InChI=1S/C25H27N3O4S/c1-17-13-18(2)24(19(3)14-17)33(31,32)28(15-20-7-5-4-6-8-20)16-23(29)27-22-11-9-21(10-12-22)25(26)30/h4-14H,15-16H2,1-3H3,(H2,26,30)(H,27,29). The molecule has 0 aliphatic carbocycles. The zero-order valence-corrected chi connectivity index (χ0v) is 19.6. The zero-order chi connectivity index (χ0) is 24.2. The molecule has 0 saturated heterocycles. The van der Waals surface area contributed by atoms with Crippen molar-refractivity contribution in [2.24, 2.45) is 5.73 Å². The van der Waals surface area contributed by atoms with E-state index >= 15 is 0 Å². The van der Waals surface area contributed by atoms with Crippen LogP contribution in [0.5, 0.6) is 0 Å². The number of aryl methyl sites for hydroxylation is 3. The van der Waals surface area contributed by atoms with Crippen LogP contribution in [0.2, 0.25) is 0 Å². The van der Waals surface area contributed by atoms with Gasteiger partial charge in [0.1, 0.15) is 0 Å². The Hall–Kier alpha value is -3.49. The van der Waals surface area contributed by atoms with E-state index in [0.717, 1.165) is 11.1 Å². The van der Waals surface area contributed by atoms with Gasteiger partial charge in [-0.25, -0.2) is 8.42 Å². The number of hydrogen-bond acceptors (Lipinski definition) is 4. The van der Waals surface area contributed by atoms with E-state index in [0.29, 0.717) is 22.4 Å². The Balaban J connectivity index is 1.91. The van der Waals surface area contributed by atoms with Crippen LogP contribution in [-0.4, -0.2) is 31.1 Å². The third-order valence-corrected chi connectivity index (χ3v) is 7.28. The summed E-state index contributed by atoms with van der Waals surface area (Å²) in [5.41, 5.74) is 8.99. The van der Waals surface area contributed by atoms with Gasteiger partial charge < -0.3 is 11.1 Å². The number of nitrogens with zero attached hydrogens (tertiary/aromatic N) is 1. The molecule has 3 N–H and O–H groups in total. The van der Waals surface area contributed by atoms with Crippen molar-refractivity contribution in [1.82, 2.24) is 4.31 Å². The Bertz CT molecular complexity index is 1250. The SMILES string of the molecule is Cc1cc(C)c(S(=O)(=O)N(CC(=O)Nc2ccc(C(N)=O)cc2)Cc2ccccc2)c(C)c1. The van der Waals surface area contributed by atoms with Crippen molar-refractivity contribution in [3.63, 3.8) is 0 Å². The van der Waals surface area contributed by atoms with Gasteiger partial charge in [-0.15, -0.1) is 0 Å². The van der Waals surface area contributed by atoms with Crippen LogP contribution in [0, 0.1) is 20.8 Å². The second-order valence-electron chi connectivity index (χ2n) is 7.98. The molecular weight excluding hydrogens is 438 g/mol. The summed E-state index contributed by atoms with van der Waals surface area (Å²) in [5, 5.41) is 2.69. The molecule has 2 amide bonds. The summed E-state index contributed by atoms with van der Waals surface area (Å²) >= 11 is 0. The fraction of sp³-hybridized carbons (Fsp3) is 0.200. The molecule has 33 heavy (non-hydrogen) atoms. The molecular formula is C25H27N3O4S. The minimum atomic E-state index is -3.97. The van der Waals surface area contributed by atoms with Gasteiger partial charge in [0.2, 0.25) is 21.8 Å². The van der Waals surface area contributed by atoms with E-state index in [-0.39, 0.29) is 18.0 Å². The highest BCUT2D eigenvalue weighted by molar-refractivity contribution is 7.89. The van der Waals surface area contributed by atoms with Gasteiger partial charge in [0.25, 0.3) is 0 Å². The van der Waals surface area contributed by atoms with Crippen LogP contribution < -0.4 is 11.1 Å². The van der Waals surface area contributed by atoms with Crippen LogP contribution in [-0.2, 0) is 21.4 Å². The minimum Gasteiger partial charge on any atom is -0.366 e. The Kier molecular flexibility index (Phi) is 7.30. The van der Waals surface area contributed by atoms with Crippen molar-refractivity contribution in [3.8, 4) is 0 Å². The summed E-state index contributed by atoms with van der Waals surface area (Å²) in [7, 11) is -3.97. The molecule has 3 aromatic rings. The number of sulfonamides is 1. The molecule has 0 fully saturated rings. The van der Waals surface area contributed by atoms with E-state index in [1.807, 2.05) is 49.4 Å². The molecule has 0 atom stereocenters. The van der Waals surface area contributed by atoms with Crippen molar-refractivity contribution in [1.29, 1.82) is 0 Å². The lowest BCUT2D eigenvalue weighted by molar-refractivity contribution is -0.116. The average Bonchev–Trinajstić information content (AvgIpc) is 2.73. The van der Waals surface area contributed by atoms with Crippen molar-refractivity contribution < 1.29 is 18.0 Å². The Labute approximate surface area is 194 Å². The Morgan fingerprint density at radius 1 is 0.909 bits per heavy atom. The van der Waals surface area contributed by atoms with Gasteiger partial charge >= 0.3 is 0 Å². The number of benzene rings is 3. The highest BCUT2D eigenvalue weighted by Crippen LogP contribution is 2.26. The molecule has 3 rings (SSSR count). The summed E-state index contributed by atoms with van der Waals surface area (Å²) in [6, 6.07) is 18.8. The molecule has 0 heterocycles. The first-order valence-corrected chi connectivity index (χ1v) is 11.8. The summed E-state index contributed by atoms with van der Waals surface area (Å²) in [4.78, 5) is 24.3. The van der Waals surface area contributed by atoms with Crippen LogP contribution >= 0.6 is 0 Å². The minimum absolute atomic E-state index is 0.0456. The first kappa shape index (κ1) is 24.2. The third kappa shape index (κ3) is 5.85. The van der Waals surface area contributed by atoms with Gasteiger partial charge in [-0.2, -0.15) is 4.31 Å². The van der Waals surface area contributed by atoms with Crippen molar-refractivity contribution in [3.05, 3.63) is 94.5 Å². The highest BCUT2D eigenvalue weighted by Gasteiger charge is 2.30. The average molecular weight is 466 g/mol. The molecule has 7 nitrogen and oxygen atoms in total. The molecule has 8 heteroatoms. The number of hydrogen-bond donors (Lipinski definition) is 2. The molecule has 0 aromatic heterocycles. The molecule has 0 radical (unpaired) electrons. The van der Waals surface area contributed by atoms with Gasteiger partial charge in [0.05, 0.1) is 11.4 Å². The summed E-state index contributed by atoms with van der Waals surface area (Å²) in [5.74, 6) is -1.07. The van der Waals surface area contributed by atoms with Gasteiger partial charge in [-0.3, -0.25) is 9.59 Å². The van der Waals surface area contributed by atoms with Crippen LogP contribution in [0.25, 0.3) is 0 Å². The Morgan fingerprint density at radius 2 is 1.48 bits per heavy atom. The van der Waals surface area contributed by atoms with E-state index in [2.05, 4.69) is 5.32 Å². The number of primary amides is 1. The topological polar surface area (TPSA) is 110 Å². The molecule has 0 unspecified atom stereocenters. The summed E-state index contributed by atoms with van der Waals surface area (Å²) in [6.45, 7) is 5.10. The molecule has 0 aliphatic heterocycles. The first-order chi connectivity index (χ1) is 15.6. The van der Waals surface area contributed by atoms with Gasteiger partial charge in [0.15, 0.2) is 0 Å². The molecule has 3 aromatic carbocycles. The van der Waals surface area contributed by atoms with E-state index in [9.17, 15) is 18.0 Å². The second-order valence-corrected chi connectivity index (χ2v) is 9.85. The lowest BCUT2D eigenvalue weighted by Gasteiger charge is -2.24. The fourth-order valence-corrected chi connectivity index (χ4v) is 5.59. The smallest absolute Gasteiger partial charge is 0.248 e. The number of carbonyl (C=O) groups excluding carboxylic acids is 2. The lowest BCUT2D eigenvalue weighted by atomic mass is 10.1. The monoisotopic (exact) mass is 465 g/mol. The number of rotatable bonds is 8. The maximum absolute atomic E-state index is 13.7. The molecule has 0 spiro atoms. The summed E-state index contributed by atoms with van der Waals surface area (Å²) < 4.78 is 28.6. The van der Waals surface area contributed by atoms with Gasteiger partial charge in [-0.05, 0) is 61.7 Å². The third-order valence-electron chi connectivity index (χ3n) is 5.18. The number of amides is 2. The predicted molar refractivity (Wildman–Crippen MR) is 128 cm³/mol. The highest BCUT2D eigenvalue weighted by atomic mass is 32.2. The largest absolute Gasteiger partial charge is 0.366 e. The number of anilines is 1. The van der Waals surface area contributed by atoms with Crippen molar-refractivity contribution >= 4 is 27.5 Å². The van der Waals surface area contributed by atoms with E-state index in [1.165, 1.54) is 16.4 Å². The molecule has 0 aliphatic rings. The second kappa shape index (κ2) is 9.97. The zero-order valence-electron chi connectivity index (χ0n) is 18.8. The van der Waals surface area contributed by atoms with Crippen LogP contribution in [0.15, 0.2) is 71.6 Å². The Morgan fingerprint density at radius 3 is 2.03 bits per heavy atom. The normalized spacial score (nSPS) is 11.4. The molecule has 172 valence electrons. The van der Waals surface area contributed by atoms with Gasteiger partial charge in [0, 0.05) is 17.8 Å². The number of nitrogens with one attached hydrogen (secondary N) is 1. The maximum Gasteiger partial charge on any atom is 0.248 e. The van der Waals surface area contributed by atoms with Crippen molar-refractivity contribution in [2.75, 3.05) is 11.9 Å². The molecule has 0 bridgehead atoms. The summed E-state index contributed by atoms with van der Waals surface area (Å²) in [6.07, 6.45) is 0. The molecule has 0 saturated carbocycles. The van der Waals surface area contributed by atoms with Gasteiger partial charge in [-0.1, -0.05) is 48.0 Å². The fourth-order valence-electron chi connectivity index (χ4n) is 3.79. The van der Waals surface area contributed by atoms with E-state index in [1.54, 1.807) is 26.0 Å². The lowest BCUT2D eigenvalue weighted by Crippen LogP contribution is -2.38. The van der Waals surface area contributed by atoms with Crippen LogP contribution in [0.4, 0.5) is 5.69 Å². The van der Waals surface area contributed by atoms with E-state index < -0.39 is 21.8 Å². The van der Waals surface area contributed by atoms with Crippen LogP contribution in [0.1, 0.15) is 32.6 Å². The quantitative estimate of drug-likeness (QED) is 0.530. The van der Waals surface area contributed by atoms with Crippen LogP contribution in [0.3, 0.4) is 0 Å². The maximum atomic E-state index is 13.7. The first-order valence-electron chi connectivity index (χ1n) is 10.4.